The Morgan fingerprint density at radius 1 is 1.06 bits per heavy atom. The summed E-state index contributed by atoms with van der Waals surface area (Å²) in [7, 11) is 0. The lowest BCUT2D eigenvalue weighted by Gasteiger charge is -2.34. The van der Waals surface area contributed by atoms with Crippen LogP contribution >= 0.6 is 24.8 Å². The maximum absolute atomic E-state index is 3.41. The molecule has 0 aliphatic carbocycles. The van der Waals surface area contributed by atoms with Gasteiger partial charge in [0.05, 0.1) is 0 Å². The lowest BCUT2D eigenvalue weighted by molar-refractivity contribution is 0.184. The van der Waals surface area contributed by atoms with Gasteiger partial charge in [0.15, 0.2) is 0 Å². The molecule has 1 atom stereocenters. The van der Waals surface area contributed by atoms with Crippen LogP contribution in [0.4, 0.5) is 0 Å². The summed E-state index contributed by atoms with van der Waals surface area (Å²) in [6.07, 6.45) is 0. The Labute approximate surface area is 123 Å². The minimum Gasteiger partial charge on any atom is -0.314 e. The first-order chi connectivity index (χ1) is 7.70. The van der Waals surface area contributed by atoms with Gasteiger partial charge in [-0.05, 0) is 37.5 Å². The van der Waals surface area contributed by atoms with E-state index in [1.807, 2.05) is 0 Å². The maximum atomic E-state index is 3.41. The van der Waals surface area contributed by atoms with E-state index < -0.39 is 0 Å². The molecular formula is C14H24Cl2N2. The van der Waals surface area contributed by atoms with Crippen LogP contribution in [0.2, 0.25) is 0 Å². The van der Waals surface area contributed by atoms with Crippen LogP contribution in [0, 0.1) is 13.8 Å². The van der Waals surface area contributed by atoms with Crippen molar-refractivity contribution in [1.82, 2.24) is 10.2 Å². The molecule has 0 unspecified atom stereocenters. The Morgan fingerprint density at radius 2 is 1.56 bits per heavy atom. The zero-order valence-electron chi connectivity index (χ0n) is 11.4. The molecule has 2 nitrogen and oxygen atoms in total. The number of hydrogen-bond acceptors (Lipinski definition) is 2. The maximum Gasteiger partial charge on any atom is 0.0326 e. The van der Waals surface area contributed by atoms with Gasteiger partial charge in [0, 0.05) is 32.2 Å². The minimum atomic E-state index is 0. The molecule has 1 heterocycles. The molecule has 104 valence electrons. The van der Waals surface area contributed by atoms with Gasteiger partial charge in [-0.25, -0.2) is 0 Å². The van der Waals surface area contributed by atoms with E-state index in [0.717, 1.165) is 26.2 Å². The van der Waals surface area contributed by atoms with Crippen LogP contribution < -0.4 is 5.32 Å². The van der Waals surface area contributed by atoms with E-state index in [0.29, 0.717) is 6.04 Å². The van der Waals surface area contributed by atoms with Gasteiger partial charge in [0.25, 0.3) is 0 Å². The van der Waals surface area contributed by atoms with Crippen LogP contribution in [0.25, 0.3) is 0 Å². The molecule has 2 rings (SSSR count). The highest BCUT2D eigenvalue weighted by Gasteiger charge is 2.20. The molecule has 1 saturated heterocycles. The van der Waals surface area contributed by atoms with Gasteiger partial charge < -0.3 is 5.32 Å². The van der Waals surface area contributed by atoms with Crippen LogP contribution in [0.1, 0.15) is 29.7 Å². The third-order valence-corrected chi connectivity index (χ3v) is 3.66. The number of rotatable bonds is 2. The van der Waals surface area contributed by atoms with E-state index in [2.05, 4.69) is 49.2 Å². The second-order valence-electron chi connectivity index (χ2n) is 4.77. The number of hydrogen-bond donors (Lipinski definition) is 1. The Morgan fingerprint density at radius 3 is 2.06 bits per heavy atom. The van der Waals surface area contributed by atoms with Crippen molar-refractivity contribution in [3.63, 3.8) is 0 Å². The van der Waals surface area contributed by atoms with E-state index >= 15 is 0 Å². The predicted octanol–water partition coefficient (Wildman–Crippen LogP) is 3.11. The topological polar surface area (TPSA) is 15.3 Å². The Balaban J connectivity index is 0.00000144. The number of halogens is 2. The van der Waals surface area contributed by atoms with Gasteiger partial charge >= 0.3 is 0 Å². The molecule has 0 amide bonds. The van der Waals surface area contributed by atoms with Gasteiger partial charge in [-0.3, -0.25) is 4.90 Å². The number of benzene rings is 1. The van der Waals surface area contributed by atoms with E-state index in [1.54, 1.807) is 0 Å². The van der Waals surface area contributed by atoms with Gasteiger partial charge in [-0.1, -0.05) is 18.2 Å². The van der Waals surface area contributed by atoms with Crippen molar-refractivity contribution in [1.29, 1.82) is 0 Å². The molecule has 18 heavy (non-hydrogen) atoms. The third-order valence-electron chi connectivity index (χ3n) is 3.66. The Bertz CT molecular complexity index is 343. The molecular weight excluding hydrogens is 267 g/mol. The van der Waals surface area contributed by atoms with E-state index in [4.69, 9.17) is 0 Å². The van der Waals surface area contributed by atoms with Crippen molar-refractivity contribution < 1.29 is 0 Å². The fourth-order valence-corrected chi connectivity index (χ4v) is 2.74. The zero-order chi connectivity index (χ0) is 11.5. The summed E-state index contributed by atoms with van der Waals surface area (Å²) in [5.74, 6) is 0. The van der Waals surface area contributed by atoms with Crippen LogP contribution in [0.5, 0.6) is 0 Å². The van der Waals surface area contributed by atoms with Crippen molar-refractivity contribution in [2.75, 3.05) is 26.2 Å². The second-order valence-corrected chi connectivity index (χ2v) is 4.77. The highest BCUT2D eigenvalue weighted by atomic mass is 35.5. The Kier molecular flexibility index (Phi) is 7.88. The fraction of sp³-hybridized carbons (Fsp3) is 0.571. The lowest BCUT2D eigenvalue weighted by atomic mass is 9.96. The summed E-state index contributed by atoms with van der Waals surface area (Å²) >= 11 is 0. The molecule has 1 aromatic carbocycles. The molecule has 1 aromatic rings. The standard InChI is InChI=1S/C14H22N2.2ClH/c1-11-5-4-6-12(2)14(11)13(3)16-9-7-15-8-10-16;;/h4-6,13,15H,7-10H2,1-3H3;2*1H/t13-;;/m1../s1. The van der Waals surface area contributed by atoms with Crippen LogP contribution in [-0.2, 0) is 0 Å². The second kappa shape index (κ2) is 8.00. The molecule has 1 fully saturated rings. The van der Waals surface area contributed by atoms with E-state index in [9.17, 15) is 0 Å². The highest BCUT2D eigenvalue weighted by Crippen LogP contribution is 2.26. The molecule has 1 N–H and O–H groups in total. The first-order valence-electron chi connectivity index (χ1n) is 6.21. The molecule has 0 saturated carbocycles. The minimum absolute atomic E-state index is 0. The quantitative estimate of drug-likeness (QED) is 0.900. The average molecular weight is 291 g/mol. The molecule has 1 aliphatic heterocycles. The predicted molar refractivity (Wildman–Crippen MR) is 83.3 cm³/mol. The van der Waals surface area contributed by atoms with Crippen molar-refractivity contribution >= 4 is 24.8 Å². The first-order valence-corrected chi connectivity index (χ1v) is 6.21. The molecule has 0 spiro atoms. The van der Waals surface area contributed by atoms with Crippen molar-refractivity contribution in [3.05, 3.63) is 34.9 Å². The number of nitrogens with zero attached hydrogens (tertiary/aromatic N) is 1. The smallest absolute Gasteiger partial charge is 0.0326 e. The van der Waals surface area contributed by atoms with Crippen molar-refractivity contribution in [2.45, 2.75) is 26.8 Å². The number of piperazine rings is 1. The third kappa shape index (κ3) is 3.86. The SMILES string of the molecule is Cc1cccc(C)c1[C@@H](C)N1CCNCC1.Cl.Cl. The Hall–Kier alpha value is -0.280. The average Bonchev–Trinajstić information content (AvgIpc) is 2.30. The summed E-state index contributed by atoms with van der Waals surface area (Å²) in [4.78, 5) is 2.58. The summed E-state index contributed by atoms with van der Waals surface area (Å²) in [6, 6.07) is 7.14. The number of nitrogens with one attached hydrogen (secondary N) is 1. The molecule has 0 radical (unpaired) electrons. The van der Waals surface area contributed by atoms with Gasteiger partial charge in [0.2, 0.25) is 0 Å². The highest BCUT2D eigenvalue weighted by molar-refractivity contribution is 5.85. The van der Waals surface area contributed by atoms with Gasteiger partial charge in [-0.15, -0.1) is 24.8 Å². The summed E-state index contributed by atoms with van der Waals surface area (Å²) in [6.45, 7) is 11.3. The largest absolute Gasteiger partial charge is 0.314 e. The van der Waals surface area contributed by atoms with Crippen LogP contribution in [-0.4, -0.2) is 31.1 Å². The molecule has 4 heteroatoms. The van der Waals surface area contributed by atoms with Gasteiger partial charge in [-0.2, -0.15) is 0 Å². The van der Waals surface area contributed by atoms with Crippen molar-refractivity contribution in [3.8, 4) is 0 Å². The first kappa shape index (κ1) is 17.7. The fourth-order valence-electron chi connectivity index (χ4n) is 2.74. The van der Waals surface area contributed by atoms with E-state index in [1.165, 1.54) is 16.7 Å². The molecule has 0 bridgehead atoms. The normalized spacial score (nSPS) is 17.5. The molecule has 0 aromatic heterocycles. The van der Waals surface area contributed by atoms with Crippen LogP contribution in [0.15, 0.2) is 18.2 Å². The molecule has 1 aliphatic rings. The van der Waals surface area contributed by atoms with Crippen molar-refractivity contribution in [2.24, 2.45) is 0 Å². The lowest BCUT2D eigenvalue weighted by Crippen LogP contribution is -2.44. The van der Waals surface area contributed by atoms with Crippen LogP contribution in [0.3, 0.4) is 0 Å². The monoisotopic (exact) mass is 290 g/mol. The van der Waals surface area contributed by atoms with Gasteiger partial charge in [0.1, 0.15) is 0 Å². The summed E-state index contributed by atoms with van der Waals surface area (Å²) < 4.78 is 0. The zero-order valence-corrected chi connectivity index (χ0v) is 13.0. The van der Waals surface area contributed by atoms with E-state index in [-0.39, 0.29) is 24.8 Å². The number of aryl methyl sites for hydroxylation is 2. The summed E-state index contributed by atoms with van der Waals surface area (Å²) in [5.41, 5.74) is 4.36. The summed E-state index contributed by atoms with van der Waals surface area (Å²) in [5, 5.41) is 3.41.